The molecule has 0 fully saturated rings. The molecule has 2 rings (SSSR count). The van der Waals surface area contributed by atoms with Gasteiger partial charge in [-0.2, -0.15) is 0 Å². The van der Waals surface area contributed by atoms with Crippen molar-refractivity contribution in [1.82, 2.24) is 20.7 Å². The Balaban J connectivity index is 2.12. The molecule has 48 valence electrons. The summed E-state index contributed by atoms with van der Waals surface area (Å²) < 4.78 is 0. The first-order chi connectivity index (χ1) is 4.97. The van der Waals surface area contributed by atoms with Crippen molar-refractivity contribution in [2.24, 2.45) is 15.5 Å². The third-order valence-corrected chi connectivity index (χ3v) is 0.931. The minimum atomic E-state index is 1.22. The number of hydrogen-bond acceptors (Lipinski definition) is 7. The fraction of sp³-hybridized carbons (Fsp3) is 0. The molecule has 10 heavy (non-hydrogen) atoms. The van der Waals surface area contributed by atoms with Crippen molar-refractivity contribution in [3.63, 3.8) is 0 Å². The first-order valence-electron chi connectivity index (χ1n) is 2.57. The van der Waals surface area contributed by atoms with Gasteiger partial charge in [-0.25, -0.2) is 0 Å². The van der Waals surface area contributed by atoms with Crippen LogP contribution in [0.3, 0.4) is 0 Å². The molecule has 0 aliphatic carbocycles. The fourth-order valence-electron chi connectivity index (χ4n) is 0.553. The summed E-state index contributed by atoms with van der Waals surface area (Å²) in [5, 5.41) is 20.5. The number of nitrogens with zero attached hydrogens (tertiary/aromatic N) is 7. The Bertz CT molecular complexity index is 187. The third-order valence-electron chi connectivity index (χ3n) is 0.931. The second-order valence-corrected chi connectivity index (χ2v) is 1.53. The molecule has 2 radical (unpaired) electrons. The summed E-state index contributed by atoms with van der Waals surface area (Å²) in [7, 11) is 0. The van der Waals surface area contributed by atoms with Crippen LogP contribution in [0.2, 0.25) is 0 Å². The van der Waals surface area contributed by atoms with Gasteiger partial charge in [0.2, 0.25) is 5.22 Å². The van der Waals surface area contributed by atoms with Gasteiger partial charge in [0.05, 0.1) is 5.11 Å². The van der Waals surface area contributed by atoms with E-state index in [1.165, 1.54) is 22.9 Å². The van der Waals surface area contributed by atoms with E-state index in [-0.39, 0.29) is 0 Å². The average Bonchev–Trinajstić information content (AvgIpc) is 2.59. The average molecular weight is 137 g/mol. The summed E-state index contributed by atoms with van der Waals surface area (Å²) in [6.07, 6.45) is 4.46. The molecular weight excluding hydrogens is 134 g/mol. The van der Waals surface area contributed by atoms with Gasteiger partial charge in [-0.3, -0.25) is 0 Å². The van der Waals surface area contributed by atoms with Crippen LogP contribution in [0.1, 0.15) is 0 Å². The highest BCUT2D eigenvalue weighted by molar-refractivity contribution is 5.53. The Hall–Kier alpha value is -1.79. The van der Waals surface area contributed by atoms with E-state index >= 15 is 0 Å². The zero-order chi connectivity index (χ0) is 6.81. The summed E-state index contributed by atoms with van der Waals surface area (Å²) in [6.45, 7) is 0. The maximum Gasteiger partial charge on any atom is 0.360 e. The minimum absolute atomic E-state index is 1.22. The Morgan fingerprint density at radius 2 is 2.40 bits per heavy atom. The van der Waals surface area contributed by atoms with Crippen molar-refractivity contribution in [1.29, 1.82) is 0 Å². The second-order valence-electron chi connectivity index (χ2n) is 1.53. The summed E-state index contributed by atoms with van der Waals surface area (Å²) in [5.74, 6) is 0. The van der Waals surface area contributed by atoms with Crippen LogP contribution in [-0.2, 0) is 0 Å². The smallest absolute Gasteiger partial charge is 0.0466 e. The molecule has 7 heteroatoms. The van der Waals surface area contributed by atoms with Gasteiger partial charge >= 0.3 is 11.6 Å². The molecule has 0 saturated heterocycles. The number of hydrazine groups is 1. The summed E-state index contributed by atoms with van der Waals surface area (Å²) in [4.78, 5) is 0. The van der Waals surface area contributed by atoms with Crippen LogP contribution in [0.15, 0.2) is 27.9 Å². The van der Waals surface area contributed by atoms with Crippen molar-refractivity contribution in [3.05, 3.63) is 12.4 Å². The van der Waals surface area contributed by atoms with E-state index in [1.54, 1.807) is 6.20 Å². The Kier molecular flexibility index (Phi) is 0.938. The normalized spacial score (nSPS) is 20.0. The number of rotatable bonds is 1. The Morgan fingerprint density at radius 1 is 1.40 bits per heavy atom. The highest BCUT2D eigenvalue weighted by Crippen LogP contribution is 1.99. The first-order valence-corrected chi connectivity index (χ1v) is 2.57. The SMILES string of the molecule is C1=CN(N2N=NC=[N+]2)[N+]=N1. The topological polar surface area (TPSA) is 71.8 Å². The minimum Gasteiger partial charge on any atom is 0.0466 e. The van der Waals surface area contributed by atoms with Crippen LogP contribution >= 0.6 is 0 Å². The first kappa shape index (κ1) is 5.03. The molecular formula is C3H3N7+2. The van der Waals surface area contributed by atoms with Crippen LogP contribution in [0.4, 0.5) is 0 Å². The van der Waals surface area contributed by atoms with E-state index in [9.17, 15) is 0 Å². The fourth-order valence-corrected chi connectivity index (χ4v) is 0.553. The van der Waals surface area contributed by atoms with E-state index in [0.29, 0.717) is 0 Å². The molecule has 0 unspecified atom stereocenters. The van der Waals surface area contributed by atoms with Crippen LogP contribution < -0.4 is 10.3 Å². The molecule has 2 heterocycles. The molecule has 7 nitrogen and oxygen atoms in total. The van der Waals surface area contributed by atoms with Gasteiger partial charge < -0.3 is 0 Å². The maximum atomic E-state index is 3.71. The molecule has 0 aromatic heterocycles. The summed E-state index contributed by atoms with van der Waals surface area (Å²) in [6, 6.07) is 0. The standard InChI is InChI=1S/C3H3N7/c1-2-9(7-4-1)10-6-3-5-8-10/h1-3H/q+2. The highest BCUT2D eigenvalue weighted by atomic mass is 16.0. The van der Waals surface area contributed by atoms with Gasteiger partial charge in [0, 0.05) is 5.10 Å². The number of hydrazone groups is 1. The number of hydrogen-bond donors (Lipinski definition) is 0. The van der Waals surface area contributed by atoms with Crippen LogP contribution in [0.25, 0.3) is 0 Å². The molecule has 0 atom stereocenters. The molecule has 0 bridgehead atoms. The second kappa shape index (κ2) is 1.87. The van der Waals surface area contributed by atoms with Crippen molar-refractivity contribution in [2.45, 2.75) is 0 Å². The maximum absolute atomic E-state index is 3.71. The van der Waals surface area contributed by atoms with Crippen LogP contribution in [-0.4, -0.2) is 16.7 Å². The van der Waals surface area contributed by atoms with Gasteiger partial charge in [0.1, 0.15) is 27.9 Å². The largest absolute Gasteiger partial charge is 0.360 e. The van der Waals surface area contributed by atoms with E-state index in [1.807, 2.05) is 0 Å². The third kappa shape index (κ3) is 0.642. The predicted octanol–water partition coefficient (Wildman–Crippen LogP) is -0.647. The molecule has 0 aromatic carbocycles. The zero-order valence-electron chi connectivity index (χ0n) is 4.86. The van der Waals surface area contributed by atoms with Crippen molar-refractivity contribution in [2.75, 3.05) is 0 Å². The van der Waals surface area contributed by atoms with Gasteiger partial charge in [0.25, 0.3) is 0 Å². The van der Waals surface area contributed by atoms with Gasteiger partial charge in [-0.05, 0) is 0 Å². The lowest BCUT2D eigenvalue weighted by molar-refractivity contribution is -0.0196. The molecule has 0 aromatic rings. The van der Waals surface area contributed by atoms with Gasteiger partial charge in [0.15, 0.2) is 0 Å². The van der Waals surface area contributed by atoms with Crippen molar-refractivity contribution in [3.8, 4) is 0 Å². The highest BCUT2D eigenvalue weighted by Gasteiger charge is 2.32. The molecule has 0 N–H and O–H groups in total. The Labute approximate surface area is 56.0 Å². The molecule has 2 aliphatic heterocycles. The van der Waals surface area contributed by atoms with Crippen LogP contribution in [0.5, 0.6) is 0 Å². The van der Waals surface area contributed by atoms with Crippen LogP contribution in [0, 0.1) is 0 Å². The van der Waals surface area contributed by atoms with Gasteiger partial charge in [-0.15, -0.1) is 0 Å². The van der Waals surface area contributed by atoms with E-state index in [0.717, 1.165) is 0 Å². The molecule has 0 saturated carbocycles. The summed E-state index contributed by atoms with van der Waals surface area (Å²) >= 11 is 0. The van der Waals surface area contributed by atoms with Gasteiger partial charge in [-0.1, -0.05) is 0 Å². The lowest BCUT2D eigenvalue weighted by atomic mass is 10.9. The summed E-state index contributed by atoms with van der Waals surface area (Å²) in [5.41, 5.74) is 0. The lowest BCUT2D eigenvalue weighted by Crippen LogP contribution is -2.33. The van der Waals surface area contributed by atoms with Crippen molar-refractivity contribution >= 4 is 6.34 Å². The predicted molar refractivity (Wildman–Crippen MR) is 30.4 cm³/mol. The quantitative estimate of drug-likeness (QED) is 0.481. The van der Waals surface area contributed by atoms with E-state index < -0.39 is 0 Å². The zero-order valence-corrected chi connectivity index (χ0v) is 4.86. The Morgan fingerprint density at radius 3 is 3.00 bits per heavy atom. The van der Waals surface area contributed by atoms with Crippen molar-refractivity contribution < 1.29 is 0 Å². The lowest BCUT2D eigenvalue weighted by Gasteiger charge is -1.91. The van der Waals surface area contributed by atoms with E-state index in [4.69, 9.17) is 0 Å². The molecule has 0 spiro atoms. The van der Waals surface area contributed by atoms with E-state index in [2.05, 4.69) is 25.8 Å². The molecule has 0 amide bonds. The molecule has 2 aliphatic rings. The monoisotopic (exact) mass is 137 g/mol.